The largest absolute Gasteiger partial charge is 0.336 e. The van der Waals surface area contributed by atoms with Crippen molar-refractivity contribution in [2.45, 2.75) is 13.5 Å². The molecule has 4 rings (SSSR count). The van der Waals surface area contributed by atoms with Crippen molar-refractivity contribution < 1.29 is 4.79 Å². The minimum absolute atomic E-state index is 0.0188. The van der Waals surface area contributed by atoms with Crippen LogP contribution < -0.4 is 0 Å². The molecule has 8 heteroatoms. The summed E-state index contributed by atoms with van der Waals surface area (Å²) in [6.45, 7) is 5.50. The molecule has 2 aromatic carbocycles. The van der Waals surface area contributed by atoms with Crippen LogP contribution in [-0.2, 0) is 6.54 Å². The first-order valence-corrected chi connectivity index (χ1v) is 9.60. The van der Waals surface area contributed by atoms with Gasteiger partial charge in [0, 0.05) is 26.2 Å². The maximum atomic E-state index is 12.7. The van der Waals surface area contributed by atoms with Crippen LogP contribution in [0.15, 0.2) is 48.5 Å². The molecule has 0 N–H and O–H groups in total. The van der Waals surface area contributed by atoms with Crippen LogP contribution >= 0.6 is 11.6 Å². The van der Waals surface area contributed by atoms with E-state index in [1.54, 1.807) is 16.8 Å². The summed E-state index contributed by atoms with van der Waals surface area (Å²) >= 11 is 6.16. The molecule has 144 valence electrons. The Morgan fingerprint density at radius 1 is 1.04 bits per heavy atom. The van der Waals surface area contributed by atoms with Gasteiger partial charge >= 0.3 is 0 Å². The number of nitrogens with zero attached hydrogens (tertiary/aromatic N) is 6. The highest BCUT2D eigenvalue weighted by Gasteiger charge is 2.24. The molecule has 1 aromatic heterocycles. The number of halogens is 1. The lowest BCUT2D eigenvalue weighted by Crippen LogP contribution is -2.48. The quantitative estimate of drug-likeness (QED) is 0.678. The van der Waals surface area contributed by atoms with E-state index in [1.165, 1.54) is 5.56 Å². The molecule has 1 aliphatic rings. The van der Waals surface area contributed by atoms with Crippen molar-refractivity contribution in [3.05, 3.63) is 70.5 Å². The van der Waals surface area contributed by atoms with Crippen molar-refractivity contribution >= 4 is 17.5 Å². The first-order chi connectivity index (χ1) is 13.6. The third-order valence-electron chi connectivity index (χ3n) is 4.94. The zero-order chi connectivity index (χ0) is 19.5. The monoisotopic (exact) mass is 396 g/mol. The standard InChI is InChI=1S/C20H21ClN6O/c1-15-6-8-16(9-7-15)27-19(22-23-24-27)14-25-10-12-26(13-11-25)20(28)17-4-2-3-5-18(17)21/h2-9H,10-14H2,1H3. The van der Waals surface area contributed by atoms with Gasteiger partial charge in [0.25, 0.3) is 5.91 Å². The van der Waals surface area contributed by atoms with Gasteiger partial charge in [-0.15, -0.1) is 5.10 Å². The van der Waals surface area contributed by atoms with E-state index >= 15 is 0 Å². The van der Waals surface area contributed by atoms with E-state index in [0.29, 0.717) is 30.2 Å². The molecule has 1 amide bonds. The average Bonchev–Trinajstić information content (AvgIpc) is 3.17. The van der Waals surface area contributed by atoms with Crippen molar-refractivity contribution in [2.24, 2.45) is 0 Å². The Bertz CT molecular complexity index is 963. The fourth-order valence-electron chi connectivity index (χ4n) is 3.30. The van der Waals surface area contributed by atoms with Gasteiger partial charge in [0.1, 0.15) is 0 Å². The molecule has 1 saturated heterocycles. The van der Waals surface area contributed by atoms with E-state index in [9.17, 15) is 4.79 Å². The Morgan fingerprint density at radius 3 is 2.46 bits per heavy atom. The Labute approximate surface area is 168 Å². The van der Waals surface area contributed by atoms with Crippen LogP contribution in [0.5, 0.6) is 0 Å². The predicted octanol–water partition coefficient (Wildman–Crippen LogP) is 2.58. The van der Waals surface area contributed by atoms with Crippen LogP contribution in [0.2, 0.25) is 5.02 Å². The fourth-order valence-corrected chi connectivity index (χ4v) is 3.52. The molecule has 0 spiro atoms. The normalized spacial score (nSPS) is 15.0. The van der Waals surface area contributed by atoms with Crippen molar-refractivity contribution in [1.29, 1.82) is 0 Å². The van der Waals surface area contributed by atoms with Crippen LogP contribution in [0.3, 0.4) is 0 Å². The number of hydrogen-bond acceptors (Lipinski definition) is 5. The van der Waals surface area contributed by atoms with E-state index < -0.39 is 0 Å². The van der Waals surface area contributed by atoms with Crippen LogP contribution in [0.1, 0.15) is 21.7 Å². The van der Waals surface area contributed by atoms with Crippen molar-refractivity contribution in [2.75, 3.05) is 26.2 Å². The number of hydrogen-bond donors (Lipinski definition) is 0. The first-order valence-electron chi connectivity index (χ1n) is 9.22. The summed E-state index contributed by atoms with van der Waals surface area (Å²) in [6, 6.07) is 15.3. The molecular formula is C20H21ClN6O. The van der Waals surface area contributed by atoms with Gasteiger partial charge in [-0.3, -0.25) is 9.69 Å². The number of piperazine rings is 1. The zero-order valence-electron chi connectivity index (χ0n) is 15.6. The van der Waals surface area contributed by atoms with Gasteiger partial charge < -0.3 is 4.90 Å². The number of tetrazole rings is 1. The molecule has 3 aromatic rings. The number of carbonyl (C=O) groups is 1. The van der Waals surface area contributed by atoms with Crippen molar-refractivity contribution in [3.63, 3.8) is 0 Å². The van der Waals surface area contributed by atoms with E-state index in [2.05, 4.69) is 20.4 Å². The van der Waals surface area contributed by atoms with Crippen LogP contribution in [0, 0.1) is 6.92 Å². The second kappa shape index (κ2) is 8.08. The summed E-state index contributed by atoms with van der Waals surface area (Å²) in [5.74, 6) is 0.768. The molecule has 2 heterocycles. The number of carbonyl (C=O) groups excluding carboxylic acids is 1. The number of benzene rings is 2. The van der Waals surface area contributed by atoms with E-state index in [4.69, 9.17) is 11.6 Å². The first kappa shape index (κ1) is 18.6. The predicted molar refractivity (Wildman–Crippen MR) is 107 cm³/mol. The molecule has 0 saturated carbocycles. The highest BCUT2D eigenvalue weighted by Crippen LogP contribution is 2.18. The Morgan fingerprint density at radius 2 is 1.75 bits per heavy atom. The molecule has 28 heavy (non-hydrogen) atoms. The number of rotatable bonds is 4. The van der Waals surface area contributed by atoms with Crippen LogP contribution in [0.4, 0.5) is 0 Å². The van der Waals surface area contributed by atoms with E-state index in [0.717, 1.165) is 24.6 Å². The van der Waals surface area contributed by atoms with Crippen molar-refractivity contribution in [1.82, 2.24) is 30.0 Å². The van der Waals surface area contributed by atoms with Gasteiger partial charge in [0.15, 0.2) is 5.82 Å². The second-order valence-electron chi connectivity index (χ2n) is 6.89. The van der Waals surface area contributed by atoms with Gasteiger partial charge in [0.2, 0.25) is 0 Å². The minimum Gasteiger partial charge on any atom is -0.336 e. The summed E-state index contributed by atoms with van der Waals surface area (Å²) in [6.07, 6.45) is 0. The Balaban J connectivity index is 1.39. The molecule has 1 aliphatic heterocycles. The fraction of sp³-hybridized carbons (Fsp3) is 0.300. The molecule has 0 unspecified atom stereocenters. The highest BCUT2D eigenvalue weighted by molar-refractivity contribution is 6.33. The van der Waals surface area contributed by atoms with Gasteiger partial charge in [-0.05, 0) is 41.6 Å². The summed E-state index contributed by atoms with van der Waals surface area (Å²) in [7, 11) is 0. The third kappa shape index (κ3) is 3.90. The molecule has 0 aliphatic carbocycles. The third-order valence-corrected chi connectivity index (χ3v) is 5.27. The average molecular weight is 397 g/mol. The molecular weight excluding hydrogens is 376 g/mol. The van der Waals surface area contributed by atoms with Gasteiger partial charge in [-0.2, -0.15) is 4.68 Å². The summed E-state index contributed by atoms with van der Waals surface area (Å²) < 4.78 is 1.76. The molecule has 0 radical (unpaired) electrons. The Hall–Kier alpha value is -2.77. The molecule has 0 bridgehead atoms. The second-order valence-corrected chi connectivity index (χ2v) is 7.30. The lowest BCUT2D eigenvalue weighted by molar-refractivity contribution is 0.0624. The highest BCUT2D eigenvalue weighted by atomic mass is 35.5. The van der Waals surface area contributed by atoms with E-state index in [-0.39, 0.29) is 5.91 Å². The maximum Gasteiger partial charge on any atom is 0.255 e. The SMILES string of the molecule is Cc1ccc(-n2nnnc2CN2CCN(C(=O)c3ccccc3Cl)CC2)cc1. The summed E-state index contributed by atoms with van der Waals surface area (Å²) in [5.41, 5.74) is 2.69. The van der Waals surface area contributed by atoms with Gasteiger partial charge in [-0.25, -0.2) is 0 Å². The summed E-state index contributed by atoms with van der Waals surface area (Å²) in [4.78, 5) is 16.8. The Kier molecular flexibility index (Phi) is 5.36. The molecule has 0 atom stereocenters. The lowest BCUT2D eigenvalue weighted by atomic mass is 10.2. The number of aryl methyl sites for hydroxylation is 1. The molecule has 7 nitrogen and oxygen atoms in total. The van der Waals surface area contributed by atoms with Gasteiger partial charge in [0.05, 0.1) is 22.8 Å². The van der Waals surface area contributed by atoms with Gasteiger partial charge in [-0.1, -0.05) is 41.4 Å². The maximum absolute atomic E-state index is 12.7. The number of amides is 1. The van der Waals surface area contributed by atoms with Crippen LogP contribution in [0.25, 0.3) is 5.69 Å². The lowest BCUT2D eigenvalue weighted by Gasteiger charge is -2.34. The van der Waals surface area contributed by atoms with E-state index in [1.807, 2.05) is 48.2 Å². The summed E-state index contributed by atoms with van der Waals surface area (Å²) in [5, 5.41) is 12.6. The zero-order valence-corrected chi connectivity index (χ0v) is 16.4. The number of aromatic nitrogens is 4. The molecule has 1 fully saturated rings. The van der Waals surface area contributed by atoms with Crippen LogP contribution in [-0.4, -0.2) is 62.1 Å². The van der Waals surface area contributed by atoms with Crippen molar-refractivity contribution in [3.8, 4) is 5.69 Å². The topological polar surface area (TPSA) is 67.2 Å². The smallest absolute Gasteiger partial charge is 0.255 e. The minimum atomic E-state index is -0.0188.